The molecule has 0 spiro atoms. The van der Waals surface area contributed by atoms with E-state index >= 15 is 0 Å². The molecule has 0 heterocycles. The lowest BCUT2D eigenvalue weighted by Gasteiger charge is -2.12. The Kier molecular flexibility index (Phi) is 8.46. The number of hydrogen-bond donors (Lipinski definition) is 2. The number of anilines is 1. The van der Waals surface area contributed by atoms with Crippen molar-refractivity contribution in [2.24, 2.45) is 5.14 Å². The molecular formula is C25H28N2O5S. The summed E-state index contributed by atoms with van der Waals surface area (Å²) in [6, 6.07) is 20.8. The zero-order chi connectivity index (χ0) is 23.7. The highest BCUT2D eigenvalue weighted by molar-refractivity contribution is 7.89. The van der Waals surface area contributed by atoms with Gasteiger partial charge in [0.15, 0.2) is 0 Å². The standard InChI is InChI=1S/C25H28N2O5S/c1-2-3-14-27-21-16-23(18-24(17-21)33(26,29)30)32-22-11-9-20(10-12-22)25(28)31-15-13-19-7-5-4-6-8-19/h4-12,16-18,27H,2-3,13-15H2,1H3,(H2,26,29,30). The molecule has 174 valence electrons. The average molecular weight is 469 g/mol. The highest BCUT2D eigenvalue weighted by Crippen LogP contribution is 2.28. The Labute approximate surface area is 194 Å². The van der Waals surface area contributed by atoms with Crippen LogP contribution in [-0.2, 0) is 21.2 Å². The molecule has 0 saturated carbocycles. The normalized spacial score (nSPS) is 11.1. The monoisotopic (exact) mass is 468 g/mol. The van der Waals surface area contributed by atoms with Gasteiger partial charge < -0.3 is 14.8 Å². The van der Waals surface area contributed by atoms with Crippen LogP contribution in [0.15, 0.2) is 77.7 Å². The van der Waals surface area contributed by atoms with Crippen LogP contribution in [0.3, 0.4) is 0 Å². The maximum absolute atomic E-state index is 12.3. The smallest absolute Gasteiger partial charge is 0.338 e. The van der Waals surface area contributed by atoms with E-state index < -0.39 is 16.0 Å². The second-order valence-corrected chi connectivity index (χ2v) is 9.08. The molecule has 0 aliphatic rings. The van der Waals surface area contributed by atoms with Gasteiger partial charge in [-0.25, -0.2) is 18.4 Å². The Morgan fingerprint density at radius 2 is 1.70 bits per heavy atom. The zero-order valence-electron chi connectivity index (χ0n) is 18.5. The third-order valence-electron chi connectivity index (χ3n) is 4.86. The van der Waals surface area contributed by atoms with Crippen molar-refractivity contribution in [3.05, 3.63) is 83.9 Å². The van der Waals surface area contributed by atoms with Crippen LogP contribution < -0.4 is 15.2 Å². The third-order valence-corrected chi connectivity index (χ3v) is 5.75. The minimum atomic E-state index is -3.90. The van der Waals surface area contributed by atoms with Gasteiger partial charge in [-0.15, -0.1) is 0 Å². The highest BCUT2D eigenvalue weighted by Gasteiger charge is 2.13. The van der Waals surface area contributed by atoms with Crippen molar-refractivity contribution in [2.75, 3.05) is 18.5 Å². The van der Waals surface area contributed by atoms with E-state index in [2.05, 4.69) is 12.2 Å². The molecule has 8 heteroatoms. The molecule has 0 aromatic heterocycles. The van der Waals surface area contributed by atoms with E-state index in [1.165, 1.54) is 12.1 Å². The number of carbonyl (C=O) groups is 1. The van der Waals surface area contributed by atoms with Crippen LogP contribution in [0.4, 0.5) is 5.69 Å². The topological polar surface area (TPSA) is 108 Å². The molecule has 3 N–H and O–H groups in total. The van der Waals surface area contributed by atoms with E-state index in [1.807, 2.05) is 30.3 Å². The van der Waals surface area contributed by atoms with Crippen LogP contribution in [0.2, 0.25) is 0 Å². The summed E-state index contributed by atoms with van der Waals surface area (Å²) >= 11 is 0. The number of primary sulfonamides is 1. The minimum Gasteiger partial charge on any atom is -0.462 e. The van der Waals surface area contributed by atoms with Crippen LogP contribution in [0.1, 0.15) is 35.7 Å². The number of ether oxygens (including phenoxy) is 2. The predicted molar refractivity (Wildman–Crippen MR) is 128 cm³/mol. The van der Waals surface area contributed by atoms with Crippen LogP contribution >= 0.6 is 0 Å². The van der Waals surface area contributed by atoms with Gasteiger partial charge in [-0.1, -0.05) is 43.7 Å². The SMILES string of the molecule is CCCCNc1cc(Oc2ccc(C(=O)OCCc3ccccc3)cc2)cc(S(N)(=O)=O)c1. The van der Waals surface area contributed by atoms with Crippen molar-refractivity contribution >= 4 is 21.7 Å². The van der Waals surface area contributed by atoms with E-state index in [1.54, 1.807) is 30.3 Å². The molecular weight excluding hydrogens is 440 g/mol. The fraction of sp³-hybridized carbons (Fsp3) is 0.240. The summed E-state index contributed by atoms with van der Waals surface area (Å²) in [6.07, 6.45) is 2.59. The maximum atomic E-state index is 12.3. The molecule has 3 aromatic rings. The second kappa shape index (κ2) is 11.5. The van der Waals surface area contributed by atoms with E-state index in [4.69, 9.17) is 14.6 Å². The van der Waals surface area contributed by atoms with Crippen molar-refractivity contribution in [1.82, 2.24) is 0 Å². The summed E-state index contributed by atoms with van der Waals surface area (Å²) in [6.45, 7) is 3.06. The van der Waals surface area contributed by atoms with Crippen LogP contribution in [0.25, 0.3) is 0 Å². The van der Waals surface area contributed by atoms with Gasteiger partial charge in [0.05, 0.1) is 17.1 Å². The lowest BCUT2D eigenvalue weighted by Crippen LogP contribution is -2.13. The first-order valence-electron chi connectivity index (χ1n) is 10.8. The lowest BCUT2D eigenvalue weighted by atomic mass is 10.2. The number of sulfonamides is 1. The summed E-state index contributed by atoms with van der Waals surface area (Å²) in [5, 5.41) is 8.49. The maximum Gasteiger partial charge on any atom is 0.338 e. The summed E-state index contributed by atoms with van der Waals surface area (Å²) in [5.74, 6) is 0.344. The number of nitrogens with two attached hydrogens (primary N) is 1. The summed E-state index contributed by atoms with van der Waals surface area (Å²) in [4.78, 5) is 12.2. The van der Waals surface area contributed by atoms with Crippen LogP contribution in [0, 0.1) is 0 Å². The molecule has 0 aliphatic heterocycles. The molecule has 3 aromatic carbocycles. The molecule has 0 unspecified atom stereocenters. The molecule has 3 rings (SSSR count). The Bertz CT molecular complexity index is 1160. The largest absolute Gasteiger partial charge is 0.462 e. The van der Waals surface area contributed by atoms with Gasteiger partial charge >= 0.3 is 5.97 Å². The van der Waals surface area contributed by atoms with Gasteiger partial charge in [0.25, 0.3) is 0 Å². The zero-order valence-corrected chi connectivity index (χ0v) is 19.3. The van der Waals surface area contributed by atoms with E-state index in [0.29, 0.717) is 35.7 Å². The Morgan fingerprint density at radius 1 is 0.970 bits per heavy atom. The molecule has 0 fully saturated rings. The van der Waals surface area contributed by atoms with E-state index in [0.717, 1.165) is 18.4 Å². The second-order valence-electron chi connectivity index (χ2n) is 7.52. The molecule has 0 bridgehead atoms. The van der Waals surface area contributed by atoms with Gasteiger partial charge in [-0.2, -0.15) is 0 Å². The van der Waals surface area contributed by atoms with Crippen molar-refractivity contribution in [2.45, 2.75) is 31.1 Å². The van der Waals surface area contributed by atoms with Gasteiger partial charge in [-0.05, 0) is 42.3 Å². The van der Waals surface area contributed by atoms with Crippen LogP contribution in [0.5, 0.6) is 11.5 Å². The molecule has 33 heavy (non-hydrogen) atoms. The lowest BCUT2D eigenvalue weighted by molar-refractivity contribution is 0.0509. The number of esters is 1. The molecule has 7 nitrogen and oxygen atoms in total. The van der Waals surface area contributed by atoms with Gasteiger partial charge in [-0.3, -0.25) is 0 Å². The minimum absolute atomic E-state index is 0.0439. The number of unbranched alkanes of at least 4 members (excludes halogenated alkanes) is 1. The first-order valence-corrected chi connectivity index (χ1v) is 12.3. The molecule has 0 amide bonds. The molecule has 0 atom stereocenters. The number of carbonyl (C=O) groups excluding carboxylic acids is 1. The first kappa shape index (κ1) is 24.3. The Balaban J connectivity index is 1.64. The van der Waals surface area contributed by atoms with Gasteiger partial charge in [0, 0.05) is 30.8 Å². The number of nitrogens with one attached hydrogen (secondary N) is 1. The molecule has 0 radical (unpaired) electrons. The fourth-order valence-corrected chi connectivity index (χ4v) is 3.66. The highest BCUT2D eigenvalue weighted by atomic mass is 32.2. The van der Waals surface area contributed by atoms with Crippen molar-refractivity contribution < 1.29 is 22.7 Å². The number of hydrogen-bond acceptors (Lipinski definition) is 6. The Hall–Kier alpha value is -3.36. The van der Waals surface area contributed by atoms with Crippen molar-refractivity contribution in [3.8, 4) is 11.5 Å². The van der Waals surface area contributed by atoms with Crippen molar-refractivity contribution in [3.63, 3.8) is 0 Å². The number of benzene rings is 3. The van der Waals surface area contributed by atoms with E-state index in [9.17, 15) is 13.2 Å². The molecule has 0 aliphatic carbocycles. The number of rotatable bonds is 11. The predicted octanol–water partition coefficient (Wildman–Crippen LogP) is 4.74. The van der Waals surface area contributed by atoms with Gasteiger partial charge in [0.2, 0.25) is 10.0 Å². The summed E-state index contributed by atoms with van der Waals surface area (Å²) in [7, 11) is -3.90. The fourth-order valence-electron chi connectivity index (χ4n) is 3.09. The van der Waals surface area contributed by atoms with Gasteiger partial charge in [0.1, 0.15) is 11.5 Å². The van der Waals surface area contributed by atoms with E-state index in [-0.39, 0.29) is 11.5 Å². The Morgan fingerprint density at radius 3 is 2.36 bits per heavy atom. The van der Waals surface area contributed by atoms with Crippen molar-refractivity contribution in [1.29, 1.82) is 0 Å². The van der Waals surface area contributed by atoms with Crippen LogP contribution in [-0.4, -0.2) is 27.5 Å². The first-order chi connectivity index (χ1) is 15.8. The summed E-state index contributed by atoms with van der Waals surface area (Å²) in [5.41, 5.74) is 2.10. The quantitative estimate of drug-likeness (QED) is 0.311. The average Bonchev–Trinajstić information content (AvgIpc) is 2.80. The molecule has 0 saturated heterocycles. The summed E-state index contributed by atoms with van der Waals surface area (Å²) < 4.78 is 34.9. The third kappa shape index (κ3) is 7.62.